The van der Waals surface area contributed by atoms with Gasteiger partial charge in [-0.3, -0.25) is 4.98 Å². The summed E-state index contributed by atoms with van der Waals surface area (Å²) in [6.45, 7) is 6.37. The fourth-order valence-electron chi connectivity index (χ4n) is 2.70. The number of rotatable bonds is 2. The first-order valence-corrected chi connectivity index (χ1v) is 6.82. The summed E-state index contributed by atoms with van der Waals surface area (Å²) in [5.41, 5.74) is 5.07. The Morgan fingerprint density at radius 3 is 2.53 bits per heavy atom. The summed E-state index contributed by atoms with van der Waals surface area (Å²) in [6, 6.07) is 10.5. The van der Waals surface area contributed by atoms with E-state index in [2.05, 4.69) is 52.5 Å². The second-order valence-electron chi connectivity index (χ2n) is 4.96. The lowest BCUT2D eigenvalue weighted by molar-refractivity contribution is 0.588. The van der Waals surface area contributed by atoms with Gasteiger partial charge in [0.15, 0.2) is 0 Å². The number of benzene rings is 1. The molecular formula is C16H19N3. The number of pyridine rings is 1. The first kappa shape index (κ1) is 12.2. The van der Waals surface area contributed by atoms with Crippen molar-refractivity contribution >= 4 is 5.69 Å². The molecule has 1 aromatic carbocycles. The Morgan fingerprint density at radius 1 is 1.05 bits per heavy atom. The Morgan fingerprint density at radius 2 is 1.79 bits per heavy atom. The molecule has 0 saturated carbocycles. The molecule has 3 nitrogen and oxygen atoms in total. The molecule has 1 aliphatic rings. The molecule has 1 saturated heterocycles. The molecule has 0 bridgehead atoms. The van der Waals surface area contributed by atoms with E-state index in [0.717, 1.165) is 26.2 Å². The van der Waals surface area contributed by atoms with E-state index in [9.17, 15) is 0 Å². The maximum absolute atomic E-state index is 4.37. The van der Waals surface area contributed by atoms with Crippen LogP contribution in [0.3, 0.4) is 0 Å². The minimum Gasteiger partial charge on any atom is -0.368 e. The topological polar surface area (TPSA) is 28.2 Å². The molecule has 0 spiro atoms. The molecule has 1 N–H and O–H groups in total. The highest BCUT2D eigenvalue weighted by Crippen LogP contribution is 2.32. The van der Waals surface area contributed by atoms with Crippen LogP contribution in [-0.4, -0.2) is 31.2 Å². The Balaban J connectivity index is 2.07. The third-order valence-electron chi connectivity index (χ3n) is 3.62. The van der Waals surface area contributed by atoms with Crippen LogP contribution in [-0.2, 0) is 0 Å². The quantitative estimate of drug-likeness (QED) is 0.891. The minimum atomic E-state index is 1.05. The summed E-state index contributed by atoms with van der Waals surface area (Å²) in [7, 11) is 0. The largest absolute Gasteiger partial charge is 0.368 e. The molecule has 19 heavy (non-hydrogen) atoms. The Bertz CT molecular complexity index is 545. The molecule has 98 valence electrons. The molecule has 0 aliphatic carbocycles. The molecule has 2 aromatic rings. The molecule has 0 radical (unpaired) electrons. The van der Waals surface area contributed by atoms with Gasteiger partial charge in [-0.1, -0.05) is 30.3 Å². The lowest BCUT2D eigenvalue weighted by atomic mass is 10.0. The van der Waals surface area contributed by atoms with Gasteiger partial charge in [0.2, 0.25) is 0 Å². The van der Waals surface area contributed by atoms with Crippen LogP contribution in [0.1, 0.15) is 5.56 Å². The number of hydrogen-bond acceptors (Lipinski definition) is 3. The van der Waals surface area contributed by atoms with Crippen molar-refractivity contribution in [1.82, 2.24) is 10.3 Å². The maximum atomic E-state index is 4.37. The number of nitrogens with zero attached hydrogens (tertiary/aromatic N) is 2. The van der Waals surface area contributed by atoms with Crippen LogP contribution < -0.4 is 10.2 Å². The second-order valence-corrected chi connectivity index (χ2v) is 4.96. The third-order valence-corrected chi connectivity index (χ3v) is 3.62. The fourth-order valence-corrected chi connectivity index (χ4v) is 2.70. The van der Waals surface area contributed by atoms with Gasteiger partial charge < -0.3 is 10.2 Å². The van der Waals surface area contributed by atoms with E-state index in [4.69, 9.17) is 0 Å². The fraction of sp³-hybridized carbons (Fsp3) is 0.312. The zero-order valence-electron chi connectivity index (χ0n) is 11.3. The number of piperazine rings is 1. The molecule has 0 amide bonds. The van der Waals surface area contributed by atoms with Gasteiger partial charge >= 0.3 is 0 Å². The Hall–Kier alpha value is -1.87. The van der Waals surface area contributed by atoms with Crippen LogP contribution in [0.5, 0.6) is 0 Å². The highest BCUT2D eigenvalue weighted by molar-refractivity contribution is 5.80. The van der Waals surface area contributed by atoms with Crippen LogP contribution in [0.4, 0.5) is 5.69 Å². The van der Waals surface area contributed by atoms with Gasteiger partial charge in [-0.15, -0.1) is 0 Å². The van der Waals surface area contributed by atoms with Crippen molar-refractivity contribution in [1.29, 1.82) is 0 Å². The predicted molar refractivity (Wildman–Crippen MR) is 79.5 cm³/mol. The van der Waals surface area contributed by atoms with Gasteiger partial charge in [0.1, 0.15) is 0 Å². The van der Waals surface area contributed by atoms with E-state index in [0.29, 0.717) is 0 Å². The summed E-state index contributed by atoms with van der Waals surface area (Å²) in [5.74, 6) is 0. The normalized spacial score (nSPS) is 15.5. The number of hydrogen-bond donors (Lipinski definition) is 1. The van der Waals surface area contributed by atoms with Crippen LogP contribution in [0.15, 0.2) is 42.7 Å². The van der Waals surface area contributed by atoms with Crippen molar-refractivity contribution in [3.63, 3.8) is 0 Å². The number of anilines is 1. The minimum absolute atomic E-state index is 1.05. The van der Waals surface area contributed by atoms with E-state index in [1.54, 1.807) is 0 Å². The van der Waals surface area contributed by atoms with Gasteiger partial charge in [-0.25, -0.2) is 0 Å². The number of nitrogens with one attached hydrogen (secondary N) is 1. The smallest absolute Gasteiger partial charge is 0.0507 e. The van der Waals surface area contributed by atoms with Crippen molar-refractivity contribution in [2.45, 2.75) is 6.92 Å². The van der Waals surface area contributed by atoms with E-state index in [-0.39, 0.29) is 0 Å². The first-order chi connectivity index (χ1) is 9.36. The summed E-state index contributed by atoms with van der Waals surface area (Å²) < 4.78 is 0. The molecule has 1 aliphatic heterocycles. The monoisotopic (exact) mass is 253 g/mol. The molecule has 3 heteroatoms. The molecule has 3 rings (SSSR count). The first-order valence-electron chi connectivity index (χ1n) is 6.82. The molecule has 1 fully saturated rings. The molecular weight excluding hydrogens is 234 g/mol. The standard InChI is InChI=1S/C16H19N3/c1-13-11-18-12-15(14-5-3-2-4-6-14)16(13)19-9-7-17-8-10-19/h2-6,11-12,17H,7-10H2,1H3. The lowest BCUT2D eigenvalue weighted by Crippen LogP contribution is -2.44. The summed E-state index contributed by atoms with van der Waals surface area (Å²) in [5, 5.41) is 3.41. The van der Waals surface area contributed by atoms with Crippen molar-refractivity contribution in [2.75, 3.05) is 31.1 Å². The zero-order chi connectivity index (χ0) is 13.1. The highest BCUT2D eigenvalue weighted by atomic mass is 15.2. The van der Waals surface area contributed by atoms with E-state index >= 15 is 0 Å². The van der Waals surface area contributed by atoms with Crippen LogP contribution in [0, 0.1) is 6.92 Å². The average Bonchev–Trinajstić information content (AvgIpc) is 2.49. The van der Waals surface area contributed by atoms with Crippen LogP contribution in [0.25, 0.3) is 11.1 Å². The maximum Gasteiger partial charge on any atom is 0.0507 e. The summed E-state index contributed by atoms with van der Waals surface area (Å²) in [6.07, 6.45) is 3.95. The Kier molecular flexibility index (Phi) is 3.47. The highest BCUT2D eigenvalue weighted by Gasteiger charge is 2.17. The predicted octanol–water partition coefficient (Wildman–Crippen LogP) is 2.47. The van der Waals surface area contributed by atoms with Gasteiger partial charge in [0.25, 0.3) is 0 Å². The summed E-state index contributed by atoms with van der Waals surface area (Å²) >= 11 is 0. The molecule has 0 unspecified atom stereocenters. The van der Waals surface area contributed by atoms with Crippen molar-refractivity contribution < 1.29 is 0 Å². The number of aryl methyl sites for hydroxylation is 1. The van der Waals surface area contributed by atoms with Gasteiger partial charge in [-0.05, 0) is 18.1 Å². The van der Waals surface area contributed by atoms with Crippen LogP contribution >= 0.6 is 0 Å². The third kappa shape index (κ3) is 2.47. The van der Waals surface area contributed by atoms with E-state index in [1.807, 2.05) is 12.4 Å². The molecule has 0 atom stereocenters. The SMILES string of the molecule is Cc1cncc(-c2ccccc2)c1N1CCNCC1. The van der Waals surface area contributed by atoms with E-state index in [1.165, 1.54) is 22.4 Å². The molecule has 2 heterocycles. The van der Waals surface area contributed by atoms with E-state index < -0.39 is 0 Å². The lowest BCUT2D eigenvalue weighted by Gasteiger charge is -2.32. The zero-order valence-corrected chi connectivity index (χ0v) is 11.3. The number of aromatic nitrogens is 1. The van der Waals surface area contributed by atoms with Gasteiger partial charge in [-0.2, -0.15) is 0 Å². The second kappa shape index (κ2) is 5.41. The average molecular weight is 253 g/mol. The Labute approximate surface area is 114 Å². The van der Waals surface area contributed by atoms with Crippen molar-refractivity contribution in [3.05, 3.63) is 48.3 Å². The van der Waals surface area contributed by atoms with Crippen molar-refractivity contribution in [2.24, 2.45) is 0 Å². The van der Waals surface area contributed by atoms with Gasteiger partial charge in [0, 0.05) is 44.1 Å². The van der Waals surface area contributed by atoms with Gasteiger partial charge in [0.05, 0.1) is 5.69 Å². The molecule has 1 aromatic heterocycles. The van der Waals surface area contributed by atoms with Crippen LogP contribution in [0.2, 0.25) is 0 Å². The van der Waals surface area contributed by atoms with Crippen molar-refractivity contribution in [3.8, 4) is 11.1 Å². The summed E-state index contributed by atoms with van der Waals surface area (Å²) in [4.78, 5) is 6.84.